The molecule has 0 amide bonds. The van der Waals surface area contributed by atoms with E-state index in [0.29, 0.717) is 25.0 Å². The number of carbonyl (C=O) groups is 1. The Morgan fingerprint density at radius 1 is 1.35 bits per heavy atom. The maximum absolute atomic E-state index is 10.5. The molecule has 0 aromatic heterocycles. The van der Waals surface area contributed by atoms with Crippen LogP contribution < -0.4 is 0 Å². The Morgan fingerprint density at radius 3 is 2.65 bits per heavy atom. The summed E-state index contributed by atoms with van der Waals surface area (Å²) in [5.41, 5.74) is 0. The van der Waals surface area contributed by atoms with E-state index in [1.54, 1.807) is 0 Å². The van der Waals surface area contributed by atoms with E-state index in [9.17, 15) is 4.79 Å². The first-order valence-corrected chi connectivity index (χ1v) is 7.77. The van der Waals surface area contributed by atoms with Crippen molar-refractivity contribution in [3.8, 4) is 0 Å². The molecular weight excluding hydrogens is 258 g/mol. The van der Waals surface area contributed by atoms with Gasteiger partial charge in [0.2, 0.25) is 0 Å². The lowest BCUT2D eigenvalue weighted by Crippen LogP contribution is -2.39. The third-order valence-corrected chi connectivity index (χ3v) is 4.40. The third-order valence-electron chi connectivity index (χ3n) is 4.40. The fourth-order valence-electron chi connectivity index (χ4n) is 3.04. The molecule has 2 aliphatic heterocycles. The molecule has 0 bridgehead atoms. The second kappa shape index (κ2) is 7.38. The molecule has 0 aromatic rings. The van der Waals surface area contributed by atoms with Crippen molar-refractivity contribution in [1.29, 1.82) is 0 Å². The van der Waals surface area contributed by atoms with Crippen molar-refractivity contribution in [2.24, 2.45) is 5.92 Å². The molecule has 20 heavy (non-hydrogen) atoms. The highest BCUT2D eigenvalue weighted by Crippen LogP contribution is 2.27. The fourth-order valence-corrected chi connectivity index (χ4v) is 3.04. The standard InChI is InChI=1S/C15H27NO4/c1-11(2)16-7-5-12(6-8-16)9-15-19-10-13(20-15)3-4-14(17)18/h11-13,15H,3-10H2,1-2H3,(H,17,18). The first-order chi connectivity index (χ1) is 9.54. The molecule has 0 spiro atoms. The summed E-state index contributed by atoms with van der Waals surface area (Å²) >= 11 is 0. The molecule has 5 nitrogen and oxygen atoms in total. The predicted octanol–water partition coefficient (Wildman–Crippen LogP) is 2.10. The van der Waals surface area contributed by atoms with Crippen LogP contribution in [-0.4, -0.2) is 54.1 Å². The van der Waals surface area contributed by atoms with Crippen LogP contribution in [0.1, 0.15) is 46.0 Å². The molecule has 2 unspecified atom stereocenters. The van der Waals surface area contributed by atoms with Crippen molar-refractivity contribution in [1.82, 2.24) is 4.90 Å². The molecule has 2 atom stereocenters. The molecule has 0 radical (unpaired) electrons. The van der Waals surface area contributed by atoms with E-state index in [4.69, 9.17) is 14.6 Å². The van der Waals surface area contributed by atoms with Crippen LogP contribution >= 0.6 is 0 Å². The Balaban J connectivity index is 1.64. The van der Waals surface area contributed by atoms with Crippen LogP contribution in [0.4, 0.5) is 0 Å². The number of hydrogen-bond acceptors (Lipinski definition) is 4. The van der Waals surface area contributed by atoms with Crippen LogP contribution in [0.5, 0.6) is 0 Å². The second-order valence-electron chi connectivity index (χ2n) is 6.26. The molecule has 0 saturated carbocycles. The minimum atomic E-state index is -0.766. The van der Waals surface area contributed by atoms with Gasteiger partial charge >= 0.3 is 5.97 Å². The quantitative estimate of drug-likeness (QED) is 0.810. The zero-order chi connectivity index (χ0) is 14.5. The van der Waals surface area contributed by atoms with Gasteiger partial charge in [-0.1, -0.05) is 0 Å². The molecule has 116 valence electrons. The summed E-state index contributed by atoms with van der Waals surface area (Å²) < 4.78 is 11.4. The van der Waals surface area contributed by atoms with Crippen LogP contribution in [0.15, 0.2) is 0 Å². The summed E-state index contributed by atoms with van der Waals surface area (Å²) in [7, 11) is 0. The van der Waals surface area contributed by atoms with Gasteiger partial charge in [-0.2, -0.15) is 0 Å². The van der Waals surface area contributed by atoms with Crippen LogP contribution in [-0.2, 0) is 14.3 Å². The zero-order valence-electron chi connectivity index (χ0n) is 12.6. The van der Waals surface area contributed by atoms with E-state index in [1.165, 1.54) is 12.8 Å². The molecule has 2 heterocycles. The van der Waals surface area contributed by atoms with Crippen molar-refractivity contribution < 1.29 is 19.4 Å². The van der Waals surface area contributed by atoms with Crippen LogP contribution in [0, 0.1) is 5.92 Å². The Kier molecular flexibility index (Phi) is 5.81. The minimum absolute atomic E-state index is 0.0353. The summed E-state index contributed by atoms with van der Waals surface area (Å²) in [5.74, 6) is -0.0914. The van der Waals surface area contributed by atoms with Crippen molar-refractivity contribution in [3.05, 3.63) is 0 Å². The van der Waals surface area contributed by atoms with Crippen molar-refractivity contribution in [3.63, 3.8) is 0 Å². The number of likely N-dealkylation sites (tertiary alicyclic amines) is 1. The highest BCUT2D eigenvalue weighted by atomic mass is 16.7. The van der Waals surface area contributed by atoms with Crippen LogP contribution in [0.25, 0.3) is 0 Å². The summed E-state index contributed by atoms with van der Waals surface area (Å²) in [6.07, 6.45) is 3.93. The van der Waals surface area contributed by atoms with Crippen molar-refractivity contribution in [2.45, 2.75) is 64.4 Å². The van der Waals surface area contributed by atoms with Gasteiger partial charge in [-0.05, 0) is 52.1 Å². The molecular formula is C15H27NO4. The number of rotatable bonds is 6. The average molecular weight is 285 g/mol. The lowest BCUT2D eigenvalue weighted by Gasteiger charge is -2.35. The first-order valence-electron chi connectivity index (χ1n) is 7.77. The first kappa shape index (κ1) is 15.7. The normalized spacial score (nSPS) is 29.1. The summed E-state index contributed by atoms with van der Waals surface area (Å²) in [4.78, 5) is 13.1. The number of piperidine rings is 1. The van der Waals surface area contributed by atoms with Gasteiger partial charge in [-0.15, -0.1) is 0 Å². The van der Waals surface area contributed by atoms with E-state index >= 15 is 0 Å². The van der Waals surface area contributed by atoms with Gasteiger partial charge in [-0.3, -0.25) is 4.79 Å². The summed E-state index contributed by atoms with van der Waals surface area (Å²) in [6, 6.07) is 0.635. The van der Waals surface area contributed by atoms with Crippen molar-refractivity contribution >= 4 is 5.97 Å². The maximum atomic E-state index is 10.5. The number of carboxylic acid groups (broad SMARTS) is 1. The number of ether oxygens (including phenoxy) is 2. The highest BCUT2D eigenvalue weighted by Gasteiger charge is 2.30. The van der Waals surface area contributed by atoms with Crippen LogP contribution in [0.3, 0.4) is 0 Å². The minimum Gasteiger partial charge on any atom is -0.481 e. The Labute approximate surface area is 121 Å². The maximum Gasteiger partial charge on any atom is 0.303 e. The number of aliphatic carboxylic acids is 1. The van der Waals surface area contributed by atoms with Crippen molar-refractivity contribution in [2.75, 3.05) is 19.7 Å². The van der Waals surface area contributed by atoms with E-state index < -0.39 is 5.97 Å². The van der Waals surface area contributed by atoms with Gasteiger partial charge in [-0.25, -0.2) is 0 Å². The molecule has 2 saturated heterocycles. The van der Waals surface area contributed by atoms with Gasteiger partial charge in [0.25, 0.3) is 0 Å². The molecule has 1 N–H and O–H groups in total. The molecule has 2 aliphatic rings. The van der Waals surface area contributed by atoms with E-state index in [0.717, 1.165) is 19.5 Å². The van der Waals surface area contributed by atoms with Crippen LogP contribution in [0.2, 0.25) is 0 Å². The van der Waals surface area contributed by atoms with Gasteiger partial charge in [0, 0.05) is 18.9 Å². The van der Waals surface area contributed by atoms with E-state index in [-0.39, 0.29) is 18.8 Å². The average Bonchev–Trinajstić information content (AvgIpc) is 2.84. The van der Waals surface area contributed by atoms with Gasteiger partial charge in [0.05, 0.1) is 12.7 Å². The SMILES string of the molecule is CC(C)N1CCC(CC2OCC(CCC(=O)O)O2)CC1. The molecule has 2 rings (SSSR count). The highest BCUT2D eigenvalue weighted by molar-refractivity contribution is 5.66. The summed E-state index contributed by atoms with van der Waals surface area (Å²) in [5, 5.41) is 8.67. The van der Waals surface area contributed by atoms with Gasteiger partial charge in [0.1, 0.15) is 0 Å². The Hall–Kier alpha value is -0.650. The smallest absolute Gasteiger partial charge is 0.303 e. The topological polar surface area (TPSA) is 59.0 Å². The van der Waals surface area contributed by atoms with Gasteiger partial charge in [0.15, 0.2) is 6.29 Å². The largest absolute Gasteiger partial charge is 0.481 e. The molecule has 0 aliphatic carbocycles. The number of carboxylic acids is 1. The van der Waals surface area contributed by atoms with E-state index in [1.807, 2.05) is 0 Å². The molecule has 2 fully saturated rings. The lowest BCUT2D eigenvalue weighted by molar-refractivity contribution is -0.138. The predicted molar refractivity (Wildman–Crippen MR) is 75.5 cm³/mol. The monoisotopic (exact) mass is 285 g/mol. The lowest BCUT2D eigenvalue weighted by atomic mass is 9.92. The second-order valence-corrected chi connectivity index (χ2v) is 6.26. The van der Waals surface area contributed by atoms with E-state index in [2.05, 4.69) is 18.7 Å². The Morgan fingerprint density at radius 2 is 2.05 bits per heavy atom. The number of nitrogens with zero attached hydrogens (tertiary/aromatic N) is 1. The number of hydrogen-bond donors (Lipinski definition) is 1. The molecule has 5 heteroatoms. The zero-order valence-corrected chi connectivity index (χ0v) is 12.6. The molecule has 0 aromatic carbocycles. The fraction of sp³-hybridized carbons (Fsp3) is 0.933. The van der Waals surface area contributed by atoms with Gasteiger partial charge < -0.3 is 19.5 Å². The Bertz CT molecular complexity index is 313. The summed E-state index contributed by atoms with van der Waals surface area (Å²) in [6.45, 7) is 7.37. The third kappa shape index (κ3) is 4.72.